The van der Waals surface area contributed by atoms with E-state index in [-0.39, 0.29) is 15.1 Å². The van der Waals surface area contributed by atoms with Gasteiger partial charge in [0.1, 0.15) is 0 Å². The maximum Gasteiger partial charge on any atom is 0.162 e. The summed E-state index contributed by atoms with van der Waals surface area (Å²) in [6.07, 6.45) is 0. The number of halogens is 4. The minimum absolute atomic E-state index is 0.0272. The zero-order chi connectivity index (χ0) is 8.59. The normalized spacial score (nSPS) is 10.3. The van der Waals surface area contributed by atoms with Gasteiger partial charge in [0, 0.05) is 0 Å². The molecule has 0 aliphatic rings. The highest BCUT2D eigenvalue weighted by Crippen LogP contribution is 2.32. The van der Waals surface area contributed by atoms with Crippen LogP contribution in [-0.4, -0.2) is 0 Å². The van der Waals surface area contributed by atoms with Gasteiger partial charge in [-0.3, -0.25) is 0 Å². The van der Waals surface area contributed by atoms with Crippen LogP contribution in [0.15, 0.2) is 6.07 Å². The third-order valence-corrected chi connectivity index (χ3v) is 2.51. The van der Waals surface area contributed by atoms with Crippen molar-refractivity contribution < 1.29 is 4.39 Å². The molecular formula is C7H4Cl3F. The molecule has 0 heterocycles. The fraction of sp³-hybridized carbons (Fsp3) is 0.143. The molecule has 0 atom stereocenters. The van der Waals surface area contributed by atoms with Crippen molar-refractivity contribution >= 4 is 34.8 Å². The van der Waals surface area contributed by atoms with E-state index in [1.807, 2.05) is 0 Å². The van der Waals surface area contributed by atoms with E-state index in [9.17, 15) is 4.39 Å². The lowest BCUT2D eigenvalue weighted by Gasteiger charge is -2.02. The molecule has 0 aliphatic heterocycles. The van der Waals surface area contributed by atoms with Crippen molar-refractivity contribution in [3.05, 3.63) is 32.5 Å². The second-order valence-electron chi connectivity index (χ2n) is 2.12. The van der Waals surface area contributed by atoms with E-state index in [0.717, 1.165) is 0 Å². The van der Waals surface area contributed by atoms with Crippen LogP contribution >= 0.6 is 34.8 Å². The molecule has 0 N–H and O–H groups in total. The average Bonchev–Trinajstić information content (AvgIpc) is 1.97. The highest BCUT2D eigenvalue weighted by molar-refractivity contribution is 6.43. The molecule has 0 aromatic heterocycles. The first-order chi connectivity index (χ1) is 5.04. The summed E-state index contributed by atoms with van der Waals surface area (Å²) in [5, 5.41) is 0.0905. The summed E-state index contributed by atoms with van der Waals surface area (Å²) in [5.41, 5.74) is 0.582. The van der Waals surface area contributed by atoms with Gasteiger partial charge in [0.05, 0.1) is 15.1 Å². The van der Waals surface area contributed by atoms with Gasteiger partial charge in [-0.15, -0.1) is 0 Å². The smallest absolute Gasteiger partial charge is 0.162 e. The Balaban J connectivity index is 3.46. The van der Waals surface area contributed by atoms with Gasteiger partial charge in [-0.25, -0.2) is 4.39 Å². The van der Waals surface area contributed by atoms with Crippen molar-refractivity contribution in [3.8, 4) is 0 Å². The second-order valence-corrected chi connectivity index (χ2v) is 3.28. The Morgan fingerprint density at radius 2 is 1.73 bits per heavy atom. The number of hydrogen-bond donors (Lipinski definition) is 0. The molecule has 0 amide bonds. The van der Waals surface area contributed by atoms with Crippen molar-refractivity contribution in [2.45, 2.75) is 6.92 Å². The van der Waals surface area contributed by atoms with Crippen LogP contribution in [-0.2, 0) is 0 Å². The Kier molecular flexibility index (Phi) is 2.63. The van der Waals surface area contributed by atoms with Gasteiger partial charge in [0.2, 0.25) is 0 Å². The van der Waals surface area contributed by atoms with E-state index < -0.39 is 5.82 Å². The largest absolute Gasteiger partial charge is 0.204 e. The Morgan fingerprint density at radius 1 is 1.18 bits per heavy atom. The molecular weight excluding hydrogens is 209 g/mol. The standard InChI is InChI=1S/C7H4Cl3F/c1-3-2-4(8)6(10)7(11)5(3)9/h2H,1H3. The molecule has 1 rings (SSSR count). The summed E-state index contributed by atoms with van der Waals surface area (Å²) in [5.74, 6) is -0.654. The molecule has 0 radical (unpaired) electrons. The predicted molar refractivity (Wildman–Crippen MR) is 46.2 cm³/mol. The maximum atomic E-state index is 12.9. The predicted octanol–water partition coefficient (Wildman–Crippen LogP) is 4.09. The summed E-state index contributed by atoms with van der Waals surface area (Å²) < 4.78 is 12.9. The zero-order valence-corrected chi connectivity index (χ0v) is 7.86. The van der Waals surface area contributed by atoms with E-state index in [4.69, 9.17) is 34.8 Å². The quantitative estimate of drug-likeness (QED) is 0.450. The van der Waals surface area contributed by atoms with Crippen LogP contribution in [0.1, 0.15) is 5.56 Å². The Bertz CT molecular complexity index is 270. The van der Waals surface area contributed by atoms with Crippen molar-refractivity contribution in [1.29, 1.82) is 0 Å². The van der Waals surface area contributed by atoms with Crippen LogP contribution in [0.3, 0.4) is 0 Å². The fourth-order valence-corrected chi connectivity index (χ4v) is 1.28. The highest BCUT2D eigenvalue weighted by Gasteiger charge is 2.11. The molecule has 0 aliphatic carbocycles. The van der Waals surface area contributed by atoms with Crippen LogP contribution in [0.2, 0.25) is 15.1 Å². The number of hydrogen-bond acceptors (Lipinski definition) is 0. The fourth-order valence-electron chi connectivity index (χ4n) is 0.691. The Hall–Kier alpha value is 0.0200. The molecule has 0 saturated carbocycles. The van der Waals surface area contributed by atoms with Gasteiger partial charge in [-0.05, 0) is 18.6 Å². The minimum Gasteiger partial charge on any atom is -0.204 e. The van der Waals surface area contributed by atoms with Gasteiger partial charge in [0.25, 0.3) is 0 Å². The molecule has 0 bridgehead atoms. The van der Waals surface area contributed by atoms with E-state index in [1.165, 1.54) is 6.07 Å². The van der Waals surface area contributed by atoms with E-state index in [0.29, 0.717) is 5.56 Å². The highest BCUT2D eigenvalue weighted by atomic mass is 35.5. The number of aryl methyl sites for hydroxylation is 1. The summed E-state index contributed by atoms with van der Waals surface area (Å²) >= 11 is 16.6. The first kappa shape index (κ1) is 9.11. The molecule has 1 aromatic carbocycles. The van der Waals surface area contributed by atoms with Crippen LogP contribution < -0.4 is 0 Å². The van der Waals surface area contributed by atoms with Crippen molar-refractivity contribution in [2.24, 2.45) is 0 Å². The molecule has 0 fully saturated rings. The summed E-state index contributed by atoms with van der Waals surface area (Å²) in [4.78, 5) is 0. The first-order valence-corrected chi connectivity index (χ1v) is 3.97. The van der Waals surface area contributed by atoms with E-state index >= 15 is 0 Å². The van der Waals surface area contributed by atoms with Crippen molar-refractivity contribution in [3.63, 3.8) is 0 Å². The number of benzene rings is 1. The minimum atomic E-state index is -0.654. The van der Waals surface area contributed by atoms with Gasteiger partial charge in [-0.1, -0.05) is 34.8 Å². The van der Waals surface area contributed by atoms with Gasteiger partial charge in [-0.2, -0.15) is 0 Å². The Labute approximate surface area is 78.9 Å². The topological polar surface area (TPSA) is 0 Å². The van der Waals surface area contributed by atoms with Crippen LogP contribution in [0.5, 0.6) is 0 Å². The van der Waals surface area contributed by atoms with Gasteiger partial charge >= 0.3 is 0 Å². The lowest BCUT2D eigenvalue weighted by molar-refractivity contribution is 0.627. The molecule has 1 aromatic rings. The van der Waals surface area contributed by atoms with Crippen molar-refractivity contribution in [1.82, 2.24) is 0 Å². The van der Waals surface area contributed by atoms with E-state index in [2.05, 4.69) is 0 Å². The lowest BCUT2D eigenvalue weighted by Crippen LogP contribution is -1.84. The third-order valence-electron chi connectivity index (χ3n) is 1.28. The van der Waals surface area contributed by atoms with Gasteiger partial charge < -0.3 is 0 Å². The zero-order valence-electron chi connectivity index (χ0n) is 5.59. The molecule has 60 valence electrons. The van der Waals surface area contributed by atoms with Crippen LogP contribution in [0, 0.1) is 12.7 Å². The van der Waals surface area contributed by atoms with Gasteiger partial charge in [0.15, 0.2) is 5.82 Å². The third kappa shape index (κ3) is 1.61. The maximum absolute atomic E-state index is 12.9. The second kappa shape index (κ2) is 3.18. The van der Waals surface area contributed by atoms with E-state index in [1.54, 1.807) is 6.92 Å². The monoisotopic (exact) mass is 212 g/mol. The molecule has 0 saturated heterocycles. The van der Waals surface area contributed by atoms with Crippen LogP contribution in [0.25, 0.3) is 0 Å². The number of rotatable bonds is 0. The SMILES string of the molecule is Cc1cc(Cl)c(Cl)c(F)c1Cl. The average molecular weight is 213 g/mol. The summed E-state index contributed by atoms with van der Waals surface area (Å²) in [6, 6.07) is 1.52. The summed E-state index contributed by atoms with van der Waals surface area (Å²) in [6.45, 7) is 1.66. The lowest BCUT2D eigenvalue weighted by atomic mass is 10.2. The molecule has 0 unspecified atom stereocenters. The molecule has 11 heavy (non-hydrogen) atoms. The van der Waals surface area contributed by atoms with Crippen LogP contribution in [0.4, 0.5) is 4.39 Å². The molecule has 0 nitrogen and oxygen atoms in total. The van der Waals surface area contributed by atoms with Crippen molar-refractivity contribution in [2.75, 3.05) is 0 Å². The first-order valence-electron chi connectivity index (χ1n) is 2.83. The molecule has 0 spiro atoms. The summed E-state index contributed by atoms with van der Waals surface area (Å²) in [7, 11) is 0. The molecule has 4 heteroatoms. The Morgan fingerprint density at radius 3 is 2.27 bits per heavy atom.